The molecule has 0 saturated heterocycles. The fraction of sp³-hybridized carbons (Fsp3) is 0.368. The molecule has 1 aromatic carbocycles. The van der Waals surface area contributed by atoms with Crippen LogP contribution in [0.5, 0.6) is 0 Å². The van der Waals surface area contributed by atoms with E-state index in [9.17, 15) is 9.59 Å². The maximum atomic E-state index is 12.4. The summed E-state index contributed by atoms with van der Waals surface area (Å²) in [6, 6.07) is 6.12. The van der Waals surface area contributed by atoms with Gasteiger partial charge in [0.15, 0.2) is 0 Å². The van der Waals surface area contributed by atoms with Crippen LogP contribution >= 0.6 is 23.1 Å². The van der Waals surface area contributed by atoms with Gasteiger partial charge in [0.2, 0.25) is 5.91 Å². The number of aryl methyl sites for hydroxylation is 2. The van der Waals surface area contributed by atoms with Crippen molar-refractivity contribution in [1.29, 1.82) is 0 Å². The SMILES string of the molecule is COC(=O)c1c(-c2cc(C)ccc2C)csc1NC(=O)CCCSC. The Morgan fingerprint density at radius 2 is 2.00 bits per heavy atom. The van der Waals surface area contributed by atoms with E-state index in [0.717, 1.165) is 34.4 Å². The highest BCUT2D eigenvalue weighted by molar-refractivity contribution is 7.98. The number of carbonyl (C=O) groups is 2. The molecule has 0 atom stereocenters. The molecule has 25 heavy (non-hydrogen) atoms. The lowest BCUT2D eigenvalue weighted by Gasteiger charge is -2.10. The van der Waals surface area contributed by atoms with Crippen molar-refractivity contribution in [3.63, 3.8) is 0 Å². The van der Waals surface area contributed by atoms with E-state index in [1.807, 2.05) is 43.7 Å². The van der Waals surface area contributed by atoms with Crippen molar-refractivity contribution < 1.29 is 14.3 Å². The van der Waals surface area contributed by atoms with Gasteiger partial charge in [0, 0.05) is 17.4 Å². The lowest BCUT2D eigenvalue weighted by atomic mass is 9.97. The number of carbonyl (C=O) groups excluding carboxylic acids is 2. The minimum absolute atomic E-state index is 0.0754. The van der Waals surface area contributed by atoms with Gasteiger partial charge >= 0.3 is 5.97 Å². The van der Waals surface area contributed by atoms with E-state index < -0.39 is 5.97 Å². The monoisotopic (exact) mass is 377 g/mol. The summed E-state index contributed by atoms with van der Waals surface area (Å²) >= 11 is 3.07. The Morgan fingerprint density at radius 3 is 2.68 bits per heavy atom. The van der Waals surface area contributed by atoms with Gasteiger partial charge in [-0.3, -0.25) is 4.79 Å². The molecule has 0 unspecified atom stereocenters. The highest BCUT2D eigenvalue weighted by atomic mass is 32.2. The third kappa shape index (κ3) is 4.86. The van der Waals surface area contributed by atoms with Gasteiger partial charge in [-0.25, -0.2) is 4.79 Å². The summed E-state index contributed by atoms with van der Waals surface area (Å²) in [6.45, 7) is 4.02. The zero-order valence-corrected chi connectivity index (χ0v) is 16.6. The average molecular weight is 378 g/mol. The quantitative estimate of drug-likeness (QED) is 0.551. The van der Waals surface area contributed by atoms with Crippen molar-refractivity contribution in [3.05, 3.63) is 40.3 Å². The van der Waals surface area contributed by atoms with Gasteiger partial charge in [-0.1, -0.05) is 23.8 Å². The van der Waals surface area contributed by atoms with E-state index >= 15 is 0 Å². The number of benzene rings is 1. The van der Waals surface area contributed by atoms with Crippen LogP contribution in [-0.2, 0) is 9.53 Å². The number of hydrogen-bond acceptors (Lipinski definition) is 5. The fourth-order valence-corrected chi connectivity index (χ4v) is 3.94. The molecule has 4 nitrogen and oxygen atoms in total. The van der Waals surface area contributed by atoms with E-state index in [1.54, 1.807) is 11.8 Å². The molecule has 1 heterocycles. The third-order valence-electron chi connectivity index (χ3n) is 3.87. The summed E-state index contributed by atoms with van der Waals surface area (Å²) in [7, 11) is 1.36. The highest BCUT2D eigenvalue weighted by Crippen LogP contribution is 2.38. The molecule has 0 radical (unpaired) electrons. The molecule has 0 spiro atoms. The van der Waals surface area contributed by atoms with Crippen LogP contribution < -0.4 is 5.32 Å². The first kappa shape index (κ1) is 19.5. The van der Waals surface area contributed by atoms with Crippen LogP contribution in [0, 0.1) is 13.8 Å². The smallest absolute Gasteiger partial charge is 0.341 e. The Labute approximate surface area is 157 Å². The molecule has 1 amide bonds. The molecule has 6 heteroatoms. The van der Waals surface area contributed by atoms with Gasteiger partial charge in [-0.05, 0) is 43.4 Å². The molecule has 0 bridgehead atoms. The minimum atomic E-state index is -0.434. The normalized spacial score (nSPS) is 10.6. The summed E-state index contributed by atoms with van der Waals surface area (Å²) in [5.74, 6) is 0.431. The Morgan fingerprint density at radius 1 is 1.24 bits per heavy atom. The van der Waals surface area contributed by atoms with Crippen LogP contribution in [0.15, 0.2) is 23.6 Å². The Kier molecular flexibility index (Phi) is 7.08. The van der Waals surface area contributed by atoms with Crippen LogP contribution in [0.2, 0.25) is 0 Å². The standard InChI is InChI=1S/C19H23NO3S2/c1-12-7-8-13(2)14(10-12)15-11-25-18(17(15)19(22)23-3)20-16(21)6-5-9-24-4/h7-8,10-11H,5-6,9H2,1-4H3,(H,20,21). The van der Waals surface area contributed by atoms with Gasteiger partial charge in [-0.15, -0.1) is 11.3 Å². The van der Waals surface area contributed by atoms with E-state index in [4.69, 9.17) is 4.74 Å². The molecule has 1 N–H and O–H groups in total. The lowest BCUT2D eigenvalue weighted by Crippen LogP contribution is -2.14. The zero-order chi connectivity index (χ0) is 18.4. The Hall–Kier alpha value is -1.79. The zero-order valence-electron chi connectivity index (χ0n) is 15.0. The number of anilines is 1. The molecular weight excluding hydrogens is 354 g/mol. The molecule has 2 aromatic rings. The number of methoxy groups -OCH3 is 1. The summed E-state index contributed by atoms with van der Waals surface area (Å²) in [5, 5.41) is 5.34. The molecule has 0 fully saturated rings. The van der Waals surface area contributed by atoms with Gasteiger partial charge < -0.3 is 10.1 Å². The maximum Gasteiger partial charge on any atom is 0.341 e. The number of esters is 1. The van der Waals surface area contributed by atoms with Gasteiger partial charge in [0.1, 0.15) is 10.6 Å². The predicted octanol–water partition coefficient (Wildman–Crippen LogP) is 4.90. The van der Waals surface area contributed by atoms with Crippen LogP contribution in [0.3, 0.4) is 0 Å². The molecular formula is C19H23NO3S2. The first-order valence-electron chi connectivity index (χ1n) is 8.04. The number of thiophene rings is 1. The van der Waals surface area contributed by atoms with Crippen molar-refractivity contribution in [2.45, 2.75) is 26.7 Å². The van der Waals surface area contributed by atoms with Gasteiger partial charge in [-0.2, -0.15) is 11.8 Å². The molecule has 134 valence electrons. The summed E-state index contributed by atoms with van der Waals surface area (Å²) in [6.07, 6.45) is 3.27. The second kappa shape index (κ2) is 9.06. The molecule has 0 aliphatic heterocycles. The first-order chi connectivity index (χ1) is 12.0. The average Bonchev–Trinajstić information content (AvgIpc) is 2.99. The largest absolute Gasteiger partial charge is 0.465 e. The number of ether oxygens (including phenoxy) is 1. The summed E-state index contributed by atoms with van der Waals surface area (Å²) < 4.78 is 4.96. The predicted molar refractivity (Wildman–Crippen MR) is 107 cm³/mol. The summed E-state index contributed by atoms with van der Waals surface area (Å²) in [5.41, 5.74) is 4.41. The molecule has 2 rings (SSSR count). The summed E-state index contributed by atoms with van der Waals surface area (Å²) in [4.78, 5) is 24.5. The number of hydrogen-bond donors (Lipinski definition) is 1. The van der Waals surface area contributed by atoms with E-state index in [2.05, 4.69) is 5.32 Å². The number of amides is 1. The van der Waals surface area contributed by atoms with Crippen molar-refractivity contribution in [3.8, 4) is 11.1 Å². The van der Waals surface area contributed by atoms with Gasteiger partial charge in [0.25, 0.3) is 0 Å². The molecule has 0 saturated carbocycles. The van der Waals surface area contributed by atoms with Crippen molar-refractivity contribution >= 4 is 40.0 Å². The minimum Gasteiger partial charge on any atom is -0.465 e. The van der Waals surface area contributed by atoms with Crippen LogP contribution in [0.4, 0.5) is 5.00 Å². The topological polar surface area (TPSA) is 55.4 Å². The second-order valence-electron chi connectivity index (χ2n) is 5.81. The third-order valence-corrected chi connectivity index (χ3v) is 5.46. The van der Waals surface area contributed by atoms with Gasteiger partial charge in [0.05, 0.1) is 7.11 Å². The lowest BCUT2D eigenvalue weighted by molar-refractivity contribution is -0.116. The number of nitrogens with one attached hydrogen (secondary N) is 1. The number of rotatable bonds is 7. The maximum absolute atomic E-state index is 12.4. The molecule has 1 aromatic heterocycles. The molecule has 0 aliphatic rings. The molecule has 0 aliphatic carbocycles. The van der Waals surface area contributed by atoms with Crippen molar-refractivity contribution in [1.82, 2.24) is 0 Å². The van der Waals surface area contributed by atoms with E-state index in [1.165, 1.54) is 18.4 Å². The van der Waals surface area contributed by atoms with Crippen molar-refractivity contribution in [2.75, 3.05) is 24.4 Å². The van der Waals surface area contributed by atoms with Crippen molar-refractivity contribution in [2.24, 2.45) is 0 Å². The second-order valence-corrected chi connectivity index (χ2v) is 7.67. The van der Waals surface area contributed by atoms with Crippen LogP contribution in [-0.4, -0.2) is 31.0 Å². The van der Waals surface area contributed by atoms with Crippen LogP contribution in [0.25, 0.3) is 11.1 Å². The van der Waals surface area contributed by atoms with E-state index in [0.29, 0.717) is 17.0 Å². The first-order valence-corrected chi connectivity index (χ1v) is 10.3. The fourth-order valence-electron chi connectivity index (χ4n) is 2.55. The number of thioether (sulfide) groups is 1. The Balaban J connectivity index is 2.36. The highest BCUT2D eigenvalue weighted by Gasteiger charge is 2.23. The Bertz CT molecular complexity index is 768. The van der Waals surface area contributed by atoms with Crippen LogP contribution in [0.1, 0.15) is 34.3 Å². The van der Waals surface area contributed by atoms with E-state index in [-0.39, 0.29) is 5.91 Å².